The molecule has 0 unspecified atom stereocenters. The van der Waals surface area contributed by atoms with Crippen LogP contribution in [-0.2, 0) is 21.2 Å². The van der Waals surface area contributed by atoms with Crippen molar-refractivity contribution in [2.24, 2.45) is 0 Å². The fraction of sp³-hybridized carbons (Fsp3) is 0.350. The fourth-order valence-corrected chi connectivity index (χ4v) is 3.89. The van der Waals surface area contributed by atoms with Gasteiger partial charge in [0.2, 0.25) is 15.9 Å². The number of hydrogen-bond donors (Lipinski definition) is 1. The Kier molecular flexibility index (Phi) is 7.75. The van der Waals surface area contributed by atoms with Crippen molar-refractivity contribution in [3.63, 3.8) is 0 Å². The molecule has 158 valence electrons. The van der Waals surface area contributed by atoms with Crippen LogP contribution >= 0.6 is 11.6 Å². The zero-order valence-corrected chi connectivity index (χ0v) is 18.4. The van der Waals surface area contributed by atoms with E-state index >= 15 is 0 Å². The number of anilines is 1. The third kappa shape index (κ3) is 6.01. The molecule has 9 heteroatoms. The van der Waals surface area contributed by atoms with Gasteiger partial charge in [-0.25, -0.2) is 8.42 Å². The van der Waals surface area contributed by atoms with Gasteiger partial charge < -0.3 is 14.8 Å². The molecule has 2 aromatic carbocycles. The molecular weight excluding hydrogens is 416 g/mol. The third-order valence-electron chi connectivity index (χ3n) is 4.38. The van der Waals surface area contributed by atoms with E-state index in [0.29, 0.717) is 40.7 Å². The highest BCUT2D eigenvalue weighted by Gasteiger charge is 2.23. The first-order chi connectivity index (χ1) is 13.7. The number of carbonyl (C=O) groups excluding carboxylic acids is 1. The number of rotatable bonds is 9. The van der Waals surface area contributed by atoms with Gasteiger partial charge in [-0.2, -0.15) is 0 Å². The summed E-state index contributed by atoms with van der Waals surface area (Å²) in [5.74, 6) is 0.826. The number of amides is 1. The van der Waals surface area contributed by atoms with E-state index in [2.05, 4.69) is 5.32 Å². The summed E-state index contributed by atoms with van der Waals surface area (Å²) < 4.78 is 36.0. The van der Waals surface area contributed by atoms with Gasteiger partial charge in [0.05, 0.1) is 26.2 Å². The van der Waals surface area contributed by atoms with Crippen LogP contribution in [-0.4, -0.2) is 47.9 Å². The van der Waals surface area contributed by atoms with E-state index < -0.39 is 15.9 Å². The molecule has 0 fully saturated rings. The Morgan fingerprint density at radius 2 is 1.83 bits per heavy atom. The summed E-state index contributed by atoms with van der Waals surface area (Å²) in [6.07, 6.45) is 1.62. The lowest BCUT2D eigenvalue weighted by molar-refractivity contribution is -0.119. The van der Waals surface area contributed by atoms with Gasteiger partial charge in [-0.1, -0.05) is 23.7 Å². The Morgan fingerprint density at radius 1 is 1.14 bits per heavy atom. The first-order valence-corrected chi connectivity index (χ1v) is 11.1. The molecule has 0 spiro atoms. The average molecular weight is 441 g/mol. The zero-order chi connectivity index (χ0) is 21.6. The molecule has 7 nitrogen and oxygen atoms in total. The molecule has 0 aliphatic rings. The van der Waals surface area contributed by atoms with Crippen LogP contribution in [0.5, 0.6) is 11.5 Å². The summed E-state index contributed by atoms with van der Waals surface area (Å²) >= 11 is 6.10. The molecule has 0 atom stereocenters. The average Bonchev–Trinajstić information content (AvgIpc) is 2.67. The minimum atomic E-state index is -3.66. The van der Waals surface area contributed by atoms with Crippen LogP contribution < -0.4 is 19.1 Å². The molecule has 0 aliphatic carbocycles. The lowest BCUT2D eigenvalue weighted by Gasteiger charge is -2.24. The van der Waals surface area contributed by atoms with Gasteiger partial charge in [0.15, 0.2) is 11.5 Å². The molecule has 0 heterocycles. The molecule has 1 amide bonds. The minimum Gasteiger partial charge on any atom is -0.493 e. The van der Waals surface area contributed by atoms with E-state index in [4.69, 9.17) is 21.1 Å². The molecule has 0 saturated heterocycles. The Bertz CT molecular complexity index is 979. The smallest absolute Gasteiger partial charge is 0.240 e. The number of nitrogens with one attached hydrogen (secondary N) is 1. The highest BCUT2D eigenvalue weighted by Crippen LogP contribution is 2.28. The third-order valence-corrected chi connectivity index (χ3v) is 5.92. The molecule has 0 saturated carbocycles. The van der Waals surface area contributed by atoms with E-state index in [1.165, 1.54) is 0 Å². The molecule has 29 heavy (non-hydrogen) atoms. The summed E-state index contributed by atoms with van der Waals surface area (Å²) in [4.78, 5) is 12.4. The van der Waals surface area contributed by atoms with Crippen molar-refractivity contribution >= 4 is 33.2 Å². The van der Waals surface area contributed by atoms with Crippen LogP contribution in [0, 0.1) is 6.92 Å². The first-order valence-electron chi connectivity index (χ1n) is 8.87. The van der Waals surface area contributed by atoms with E-state index in [0.717, 1.165) is 16.1 Å². The summed E-state index contributed by atoms with van der Waals surface area (Å²) in [5, 5.41) is 3.19. The normalized spacial score (nSPS) is 11.1. The monoisotopic (exact) mass is 440 g/mol. The number of carbonyl (C=O) groups is 1. The van der Waals surface area contributed by atoms with Crippen molar-refractivity contribution in [2.75, 3.05) is 37.9 Å². The van der Waals surface area contributed by atoms with Gasteiger partial charge in [0.1, 0.15) is 6.54 Å². The van der Waals surface area contributed by atoms with Gasteiger partial charge in [0.25, 0.3) is 0 Å². The summed E-state index contributed by atoms with van der Waals surface area (Å²) in [5.41, 5.74) is 1.93. The Morgan fingerprint density at radius 3 is 2.45 bits per heavy atom. The van der Waals surface area contributed by atoms with Crippen LogP contribution in [0.3, 0.4) is 0 Å². The minimum absolute atomic E-state index is 0.327. The maximum absolute atomic E-state index is 12.4. The first kappa shape index (κ1) is 22.8. The second-order valence-electron chi connectivity index (χ2n) is 6.44. The second-order valence-corrected chi connectivity index (χ2v) is 8.76. The molecule has 0 aromatic heterocycles. The van der Waals surface area contributed by atoms with Crippen molar-refractivity contribution in [1.29, 1.82) is 0 Å². The van der Waals surface area contributed by atoms with Crippen molar-refractivity contribution in [3.8, 4) is 11.5 Å². The van der Waals surface area contributed by atoms with Crippen LogP contribution in [0.1, 0.15) is 11.1 Å². The quantitative estimate of drug-likeness (QED) is 0.648. The Hall–Kier alpha value is -2.45. The summed E-state index contributed by atoms with van der Waals surface area (Å²) in [7, 11) is -0.544. The van der Waals surface area contributed by atoms with E-state index in [-0.39, 0.29) is 6.54 Å². The van der Waals surface area contributed by atoms with Crippen LogP contribution in [0.15, 0.2) is 36.4 Å². The standard InChI is InChI=1S/C20H25ClN2O5S/c1-14-16(21)6-5-7-17(14)23(29(4,25)26)13-20(24)22-11-10-15-8-9-18(27-2)19(12-15)28-3/h5-9,12H,10-11,13H2,1-4H3,(H,22,24). The van der Waals surface area contributed by atoms with Gasteiger partial charge >= 0.3 is 0 Å². The number of sulfonamides is 1. The largest absolute Gasteiger partial charge is 0.493 e. The van der Waals surface area contributed by atoms with Gasteiger partial charge in [-0.05, 0) is 48.7 Å². The highest BCUT2D eigenvalue weighted by molar-refractivity contribution is 7.92. The van der Waals surface area contributed by atoms with E-state index in [1.807, 2.05) is 12.1 Å². The maximum Gasteiger partial charge on any atom is 0.240 e. The predicted octanol–water partition coefficient (Wildman–Crippen LogP) is 2.79. The van der Waals surface area contributed by atoms with Crippen LogP contribution in [0.2, 0.25) is 5.02 Å². The fourth-order valence-electron chi connectivity index (χ4n) is 2.82. The van der Waals surface area contributed by atoms with Gasteiger partial charge in [-0.15, -0.1) is 0 Å². The molecule has 2 aromatic rings. The van der Waals surface area contributed by atoms with Crippen molar-refractivity contribution in [3.05, 3.63) is 52.5 Å². The Balaban J connectivity index is 2.03. The number of benzene rings is 2. The summed E-state index contributed by atoms with van der Waals surface area (Å²) in [6.45, 7) is 1.73. The Labute approximate surface area is 176 Å². The highest BCUT2D eigenvalue weighted by atomic mass is 35.5. The van der Waals surface area contributed by atoms with Crippen molar-refractivity contribution in [1.82, 2.24) is 5.32 Å². The SMILES string of the molecule is COc1ccc(CCNC(=O)CN(c2cccc(Cl)c2C)S(C)(=O)=O)cc1OC. The van der Waals surface area contributed by atoms with Gasteiger partial charge in [0, 0.05) is 11.6 Å². The molecule has 2 rings (SSSR count). The van der Waals surface area contributed by atoms with Crippen molar-refractivity contribution in [2.45, 2.75) is 13.3 Å². The van der Waals surface area contributed by atoms with Crippen LogP contribution in [0.25, 0.3) is 0 Å². The lowest BCUT2D eigenvalue weighted by atomic mass is 10.1. The molecule has 0 aliphatic heterocycles. The van der Waals surface area contributed by atoms with Crippen LogP contribution in [0.4, 0.5) is 5.69 Å². The van der Waals surface area contributed by atoms with Gasteiger partial charge in [-0.3, -0.25) is 9.10 Å². The van der Waals surface area contributed by atoms with E-state index in [1.54, 1.807) is 45.4 Å². The van der Waals surface area contributed by atoms with Crippen molar-refractivity contribution < 1.29 is 22.7 Å². The van der Waals surface area contributed by atoms with E-state index in [9.17, 15) is 13.2 Å². The summed E-state index contributed by atoms with van der Waals surface area (Å²) in [6, 6.07) is 10.5. The number of hydrogen-bond acceptors (Lipinski definition) is 5. The molecule has 0 radical (unpaired) electrons. The second kappa shape index (κ2) is 9.84. The molecule has 0 bridgehead atoms. The number of ether oxygens (including phenoxy) is 2. The number of nitrogens with zero attached hydrogens (tertiary/aromatic N) is 1. The maximum atomic E-state index is 12.4. The number of halogens is 1. The predicted molar refractivity (Wildman–Crippen MR) is 115 cm³/mol. The zero-order valence-electron chi connectivity index (χ0n) is 16.9. The topological polar surface area (TPSA) is 84.9 Å². The molecule has 1 N–H and O–H groups in total. The number of methoxy groups -OCH3 is 2. The lowest BCUT2D eigenvalue weighted by Crippen LogP contribution is -2.41. The molecular formula is C20H25ClN2O5S.